The van der Waals surface area contributed by atoms with Crippen molar-refractivity contribution in [1.82, 2.24) is 10.2 Å². The van der Waals surface area contributed by atoms with Crippen LogP contribution in [0, 0.1) is 5.82 Å². The molecule has 148 valence electrons. The molecule has 6 nitrogen and oxygen atoms in total. The number of anilines is 1. The van der Waals surface area contributed by atoms with Gasteiger partial charge in [-0.05, 0) is 18.6 Å². The number of hydrogen-bond acceptors (Lipinski definition) is 3. The van der Waals surface area contributed by atoms with E-state index < -0.39 is 48.0 Å². The van der Waals surface area contributed by atoms with Gasteiger partial charge in [0.15, 0.2) is 11.8 Å². The Morgan fingerprint density at radius 1 is 1.33 bits per heavy atom. The zero-order chi connectivity index (χ0) is 20.5. The molecule has 1 fully saturated rings. The quantitative estimate of drug-likeness (QED) is 0.777. The van der Waals surface area contributed by atoms with Crippen LogP contribution in [0.4, 0.5) is 28.0 Å². The highest BCUT2D eigenvalue weighted by molar-refractivity contribution is 6.34. The van der Waals surface area contributed by atoms with Gasteiger partial charge in [-0.3, -0.25) is 14.5 Å². The molecular weight excluding hydrogens is 394 g/mol. The maximum Gasteiger partial charge on any atom is 0.416 e. The lowest BCUT2D eigenvalue weighted by molar-refractivity contribution is -0.181. The Kier molecular flexibility index (Phi) is 5.98. The van der Waals surface area contributed by atoms with Crippen LogP contribution < -0.4 is 10.2 Å². The number of ketones is 1. The molecule has 2 rings (SSSR count). The van der Waals surface area contributed by atoms with Crippen molar-refractivity contribution >= 4 is 35.0 Å². The van der Waals surface area contributed by atoms with E-state index in [1.807, 2.05) is 6.92 Å². The molecule has 1 aliphatic heterocycles. The van der Waals surface area contributed by atoms with Gasteiger partial charge in [0.1, 0.15) is 5.82 Å². The molecule has 1 atom stereocenters. The second-order valence-electron chi connectivity index (χ2n) is 5.93. The molecule has 1 heterocycles. The first kappa shape index (κ1) is 20.9. The van der Waals surface area contributed by atoms with Crippen molar-refractivity contribution < 1.29 is 31.9 Å². The number of Topliss-reactive ketones (excluding diaryl/α,β-unsaturated/α-hetero) is 1. The average molecular weight is 410 g/mol. The summed E-state index contributed by atoms with van der Waals surface area (Å²) >= 11 is 5.86. The molecule has 0 saturated carbocycles. The summed E-state index contributed by atoms with van der Waals surface area (Å²) in [5, 5.41) is 2.29. The molecule has 1 aromatic carbocycles. The molecule has 1 aliphatic rings. The molecule has 0 bridgehead atoms. The molecule has 1 saturated heterocycles. The van der Waals surface area contributed by atoms with Gasteiger partial charge in [0.2, 0.25) is 0 Å². The van der Waals surface area contributed by atoms with E-state index in [2.05, 4.69) is 5.32 Å². The number of alkyl halides is 3. The minimum atomic E-state index is -4.95. The average Bonchev–Trinajstić information content (AvgIpc) is 2.55. The zero-order valence-corrected chi connectivity index (χ0v) is 15.1. The fraction of sp³-hybridized carbons (Fsp3) is 0.438. The molecule has 11 heteroatoms. The number of carbonyl (C=O) groups excluding carboxylic acids is 3. The van der Waals surface area contributed by atoms with E-state index in [0.29, 0.717) is 17.9 Å². The first-order chi connectivity index (χ1) is 12.5. The number of hydrogen-bond donors (Lipinski definition) is 1. The van der Waals surface area contributed by atoms with Crippen molar-refractivity contribution in [3.05, 3.63) is 28.5 Å². The number of nitrogens with one attached hydrogen (secondary N) is 1. The number of likely N-dealkylation sites (N-methyl/N-ethyl adjacent to an activating group) is 1. The van der Waals surface area contributed by atoms with Crippen LogP contribution in [-0.4, -0.2) is 55.0 Å². The number of carbonyl (C=O) groups is 3. The maximum absolute atomic E-state index is 14.3. The van der Waals surface area contributed by atoms with E-state index in [1.54, 1.807) is 0 Å². The van der Waals surface area contributed by atoms with E-state index in [9.17, 15) is 31.9 Å². The van der Waals surface area contributed by atoms with E-state index >= 15 is 0 Å². The highest BCUT2D eigenvalue weighted by Crippen LogP contribution is 2.33. The van der Waals surface area contributed by atoms with Gasteiger partial charge in [-0.2, -0.15) is 13.2 Å². The Balaban J connectivity index is 2.42. The van der Waals surface area contributed by atoms with Gasteiger partial charge in [0, 0.05) is 13.6 Å². The number of amides is 3. The van der Waals surface area contributed by atoms with Gasteiger partial charge in [-0.15, -0.1) is 0 Å². The van der Waals surface area contributed by atoms with Crippen molar-refractivity contribution in [3.8, 4) is 0 Å². The lowest BCUT2D eigenvalue weighted by Crippen LogP contribution is -2.63. The van der Waals surface area contributed by atoms with E-state index in [-0.39, 0.29) is 15.5 Å². The summed E-state index contributed by atoms with van der Waals surface area (Å²) in [6.07, 6.45) is -4.32. The van der Waals surface area contributed by atoms with Crippen LogP contribution in [-0.2, 0) is 4.79 Å². The van der Waals surface area contributed by atoms with Crippen LogP contribution in [0.25, 0.3) is 0 Å². The topological polar surface area (TPSA) is 69.7 Å². The number of nitrogens with zero attached hydrogens (tertiary/aromatic N) is 2. The van der Waals surface area contributed by atoms with Crippen LogP contribution in [0.3, 0.4) is 0 Å². The molecule has 0 radical (unpaired) electrons. The second-order valence-corrected chi connectivity index (χ2v) is 6.34. The molecule has 1 N–H and O–H groups in total. The first-order valence-electron chi connectivity index (χ1n) is 7.90. The summed E-state index contributed by atoms with van der Waals surface area (Å²) in [6, 6.07) is -2.12. The molecule has 27 heavy (non-hydrogen) atoms. The van der Waals surface area contributed by atoms with E-state index in [4.69, 9.17) is 11.6 Å². The van der Waals surface area contributed by atoms with Gasteiger partial charge in [-0.1, -0.05) is 18.5 Å². The zero-order valence-electron chi connectivity index (χ0n) is 14.4. The smallest absolute Gasteiger partial charge is 0.352 e. The van der Waals surface area contributed by atoms with E-state index in [1.165, 1.54) is 0 Å². The molecular formula is C16H16ClF4N3O3. The summed E-state index contributed by atoms with van der Waals surface area (Å²) in [7, 11) is 0.799. The number of benzene rings is 1. The summed E-state index contributed by atoms with van der Waals surface area (Å²) in [5.41, 5.74) is -0.672. The highest BCUT2D eigenvalue weighted by atomic mass is 35.5. The Labute approximate surface area is 157 Å². The van der Waals surface area contributed by atoms with Crippen molar-refractivity contribution in [3.63, 3.8) is 0 Å². The third-order valence-electron chi connectivity index (χ3n) is 3.96. The third kappa shape index (κ3) is 4.15. The summed E-state index contributed by atoms with van der Waals surface area (Å²) < 4.78 is 53.3. The number of halogens is 5. The van der Waals surface area contributed by atoms with Gasteiger partial charge < -0.3 is 10.2 Å². The van der Waals surface area contributed by atoms with Crippen molar-refractivity contribution in [2.24, 2.45) is 0 Å². The summed E-state index contributed by atoms with van der Waals surface area (Å²) in [5.74, 6) is -3.01. The van der Waals surface area contributed by atoms with Crippen LogP contribution in [0.2, 0.25) is 5.02 Å². The SMILES string of the molecule is CCCNC(=O)c1cc(N2CC(=O)C(C(F)(F)F)N(C)C2=O)c(F)cc1Cl. The van der Waals surface area contributed by atoms with Crippen LogP contribution >= 0.6 is 11.6 Å². The normalized spacial score (nSPS) is 18.1. The highest BCUT2D eigenvalue weighted by Gasteiger charge is 2.53. The van der Waals surface area contributed by atoms with Crippen LogP contribution in [0.5, 0.6) is 0 Å². The van der Waals surface area contributed by atoms with Gasteiger partial charge >= 0.3 is 12.2 Å². The number of urea groups is 1. The maximum atomic E-state index is 14.3. The molecule has 0 spiro atoms. The van der Waals surface area contributed by atoms with E-state index in [0.717, 1.165) is 19.2 Å². The third-order valence-corrected chi connectivity index (χ3v) is 4.27. The molecule has 0 aliphatic carbocycles. The summed E-state index contributed by atoms with van der Waals surface area (Å²) in [4.78, 5) is 37.1. The Bertz CT molecular complexity index is 785. The minimum Gasteiger partial charge on any atom is -0.352 e. The van der Waals surface area contributed by atoms with Crippen molar-refractivity contribution in [1.29, 1.82) is 0 Å². The molecule has 1 aromatic rings. The van der Waals surface area contributed by atoms with Gasteiger partial charge in [0.05, 0.1) is 22.8 Å². The van der Waals surface area contributed by atoms with Gasteiger partial charge in [-0.25, -0.2) is 9.18 Å². The Hall–Kier alpha value is -2.36. The van der Waals surface area contributed by atoms with Crippen LogP contribution in [0.15, 0.2) is 12.1 Å². The van der Waals surface area contributed by atoms with Crippen molar-refractivity contribution in [2.75, 3.05) is 25.0 Å². The lowest BCUT2D eigenvalue weighted by atomic mass is 10.1. The predicted molar refractivity (Wildman–Crippen MR) is 89.4 cm³/mol. The lowest BCUT2D eigenvalue weighted by Gasteiger charge is -2.38. The second kappa shape index (κ2) is 7.71. The Morgan fingerprint density at radius 3 is 2.52 bits per heavy atom. The minimum absolute atomic E-state index is 0.164. The Morgan fingerprint density at radius 2 is 1.96 bits per heavy atom. The molecule has 0 aromatic heterocycles. The monoisotopic (exact) mass is 409 g/mol. The molecule has 1 unspecified atom stereocenters. The standard InChI is InChI=1S/C16H16ClF4N3O3/c1-3-4-22-14(26)8-5-11(10(18)6-9(8)17)24-7-12(25)13(16(19,20)21)23(2)15(24)27/h5-6,13H,3-4,7H2,1-2H3,(H,22,26). The first-order valence-corrected chi connectivity index (χ1v) is 8.27. The molecule has 3 amide bonds. The van der Waals surface area contributed by atoms with Crippen LogP contribution in [0.1, 0.15) is 23.7 Å². The predicted octanol–water partition coefficient (Wildman–Crippen LogP) is 2.99. The largest absolute Gasteiger partial charge is 0.416 e. The summed E-state index contributed by atoms with van der Waals surface area (Å²) in [6.45, 7) is 1.14. The van der Waals surface area contributed by atoms with Gasteiger partial charge in [0.25, 0.3) is 5.91 Å². The fourth-order valence-electron chi connectivity index (χ4n) is 2.67. The van der Waals surface area contributed by atoms with Crippen molar-refractivity contribution in [2.45, 2.75) is 25.6 Å². The number of rotatable bonds is 4. The fourth-order valence-corrected chi connectivity index (χ4v) is 2.91.